The molecule has 2 aromatic carbocycles. The number of rotatable bonds is 3. The highest BCUT2D eigenvalue weighted by Crippen LogP contribution is 2.25. The van der Waals surface area contributed by atoms with E-state index in [0.717, 1.165) is 32.3 Å². The second kappa shape index (κ2) is 5.95. The molecule has 0 aliphatic carbocycles. The summed E-state index contributed by atoms with van der Waals surface area (Å²) in [5.74, 6) is 0.855. The largest absolute Gasteiger partial charge is 0.300 e. The highest BCUT2D eigenvalue weighted by atomic mass is 79.9. The smallest absolute Gasteiger partial charge is 0.151 e. The van der Waals surface area contributed by atoms with Gasteiger partial charge in [-0.3, -0.25) is 9.36 Å². The number of imidazole rings is 1. The number of hydrogen-bond acceptors (Lipinski definition) is 2. The second-order valence-corrected chi connectivity index (χ2v) is 6.22. The van der Waals surface area contributed by atoms with Crippen molar-refractivity contribution in [2.75, 3.05) is 0 Å². The third-order valence-corrected chi connectivity index (χ3v) is 4.35. The summed E-state index contributed by atoms with van der Waals surface area (Å²) in [6, 6.07) is 13.6. The van der Waals surface area contributed by atoms with Crippen LogP contribution >= 0.6 is 31.9 Å². The molecule has 3 rings (SSSR count). The van der Waals surface area contributed by atoms with Gasteiger partial charge in [-0.05, 0) is 46.3 Å². The molecule has 3 nitrogen and oxygen atoms in total. The van der Waals surface area contributed by atoms with Crippen molar-refractivity contribution in [2.24, 2.45) is 0 Å². The molecule has 0 saturated carbocycles. The Morgan fingerprint density at radius 3 is 2.48 bits per heavy atom. The number of hydrogen-bond donors (Lipinski definition) is 0. The molecule has 0 unspecified atom stereocenters. The number of nitrogens with zero attached hydrogens (tertiary/aromatic N) is 2. The first-order valence-corrected chi connectivity index (χ1v) is 7.82. The van der Waals surface area contributed by atoms with Crippen LogP contribution in [0.1, 0.15) is 10.4 Å². The molecule has 0 spiro atoms. The fourth-order valence-electron chi connectivity index (χ4n) is 2.09. The lowest BCUT2D eigenvalue weighted by molar-refractivity contribution is 0.112. The molecule has 0 aliphatic heterocycles. The lowest BCUT2D eigenvalue weighted by Crippen LogP contribution is -1.97. The van der Waals surface area contributed by atoms with Crippen LogP contribution in [0.15, 0.2) is 63.8 Å². The van der Waals surface area contributed by atoms with Crippen molar-refractivity contribution in [3.8, 4) is 17.1 Å². The molecule has 0 amide bonds. The summed E-state index contributed by atoms with van der Waals surface area (Å²) in [6.45, 7) is 0. The molecule has 0 saturated heterocycles. The van der Waals surface area contributed by atoms with Crippen molar-refractivity contribution in [3.63, 3.8) is 0 Å². The van der Waals surface area contributed by atoms with Gasteiger partial charge in [-0.1, -0.05) is 28.1 Å². The highest BCUT2D eigenvalue weighted by molar-refractivity contribution is 9.10. The molecule has 21 heavy (non-hydrogen) atoms. The Morgan fingerprint density at radius 2 is 1.81 bits per heavy atom. The maximum absolute atomic E-state index is 10.9. The molecule has 1 aromatic heterocycles. The molecule has 1 heterocycles. The summed E-state index contributed by atoms with van der Waals surface area (Å²) in [4.78, 5) is 15.3. The van der Waals surface area contributed by atoms with Gasteiger partial charge in [-0.2, -0.15) is 0 Å². The quantitative estimate of drug-likeness (QED) is 0.582. The first kappa shape index (κ1) is 14.2. The standard InChI is InChI=1S/C16H10Br2N2O/c17-13-4-1-11(2-5-13)16-19-7-8-20(16)14-6-3-12(10-21)15(18)9-14/h1-10H. The highest BCUT2D eigenvalue weighted by Gasteiger charge is 2.09. The maximum atomic E-state index is 10.9. The van der Waals surface area contributed by atoms with E-state index in [9.17, 15) is 4.79 Å². The van der Waals surface area contributed by atoms with Crippen LogP contribution in [0.3, 0.4) is 0 Å². The van der Waals surface area contributed by atoms with E-state index < -0.39 is 0 Å². The van der Waals surface area contributed by atoms with Crippen molar-refractivity contribution in [1.82, 2.24) is 9.55 Å². The SMILES string of the molecule is O=Cc1ccc(-n2ccnc2-c2ccc(Br)cc2)cc1Br. The van der Waals surface area contributed by atoms with Crippen molar-refractivity contribution >= 4 is 38.1 Å². The molecular weight excluding hydrogens is 396 g/mol. The van der Waals surface area contributed by atoms with E-state index in [-0.39, 0.29) is 0 Å². The molecule has 0 radical (unpaired) electrons. The van der Waals surface area contributed by atoms with E-state index in [1.807, 2.05) is 47.2 Å². The van der Waals surface area contributed by atoms with Crippen molar-refractivity contribution < 1.29 is 4.79 Å². The minimum Gasteiger partial charge on any atom is -0.300 e. The van der Waals surface area contributed by atoms with E-state index in [0.29, 0.717) is 5.56 Å². The lowest BCUT2D eigenvalue weighted by Gasteiger charge is -2.09. The number of aldehydes is 1. The summed E-state index contributed by atoms with van der Waals surface area (Å²) in [7, 11) is 0. The zero-order valence-corrected chi connectivity index (χ0v) is 14.0. The average Bonchev–Trinajstić information content (AvgIpc) is 2.97. The average molecular weight is 406 g/mol. The van der Waals surface area contributed by atoms with Crippen LogP contribution < -0.4 is 0 Å². The molecule has 0 bridgehead atoms. The van der Waals surface area contributed by atoms with Gasteiger partial charge < -0.3 is 0 Å². The van der Waals surface area contributed by atoms with Crippen molar-refractivity contribution in [2.45, 2.75) is 0 Å². The van der Waals surface area contributed by atoms with Gasteiger partial charge in [0.05, 0.1) is 0 Å². The van der Waals surface area contributed by atoms with Gasteiger partial charge in [0.25, 0.3) is 0 Å². The van der Waals surface area contributed by atoms with Gasteiger partial charge in [0.2, 0.25) is 0 Å². The Balaban J connectivity index is 2.08. The van der Waals surface area contributed by atoms with E-state index in [1.165, 1.54) is 0 Å². The topological polar surface area (TPSA) is 34.9 Å². The van der Waals surface area contributed by atoms with Crippen molar-refractivity contribution in [1.29, 1.82) is 0 Å². The maximum Gasteiger partial charge on any atom is 0.151 e. The number of carbonyl (C=O) groups excluding carboxylic acids is 1. The molecule has 0 aliphatic rings. The van der Waals surface area contributed by atoms with Crippen LogP contribution in [0.2, 0.25) is 0 Å². The van der Waals surface area contributed by atoms with E-state index in [2.05, 4.69) is 36.8 Å². The summed E-state index contributed by atoms with van der Waals surface area (Å²) in [5.41, 5.74) is 2.60. The summed E-state index contributed by atoms with van der Waals surface area (Å²) in [5, 5.41) is 0. The number of carbonyl (C=O) groups is 1. The van der Waals surface area contributed by atoms with Crippen LogP contribution in [0.25, 0.3) is 17.1 Å². The Labute approximate surface area is 138 Å². The molecule has 104 valence electrons. The van der Waals surface area contributed by atoms with Gasteiger partial charge >= 0.3 is 0 Å². The fraction of sp³-hybridized carbons (Fsp3) is 0. The number of halogens is 2. The fourth-order valence-corrected chi connectivity index (χ4v) is 2.81. The first-order chi connectivity index (χ1) is 10.2. The first-order valence-electron chi connectivity index (χ1n) is 6.23. The molecule has 5 heteroatoms. The van der Waals surface area contributed by atoms with Gasteiger partial charge in [0.1, 0.15) is 5.82 Å². The van der Waals surface area contributed by atoms with E-state index in [4.69, 9.17) is 0 Å². The third-order valence-electron chi connectivity index (χ3n) is 3.13. The van der Waals surface area contributed by atoms with Crippen LogP contribution in [-0.2, 0) is 0 Å². The van der Waals surface area contributed by atoms with Crippen LogP contribution in [-0.4, -0.2) is 15.8 Å². The monoisotopic (exact) mass is 404 g/mol. The molecule has 0 fully saturated rings. The minimum absolute atomic E-state index is 0.629. The van der Waals surface area contributed by atoms with Gasteiger partial charge in [-0.15, -0.1) is 0 Å². The van der Waals surface area contributed by atoms with E-state index >= 15 is 0 Å². The summed E-state index contributed by atoms with van der Waals surface area (Å²) >= 11 is 6.84. The van der Waals surface area contributed by atoms with Crippen molar-refractivity contribution in [3.05, 3.63) is 69.4 Å². The van der Waals surface area contributed by atoms with E-state index in [1.54, 1.807) is 12.3 Å². The minimum atomic E-state index is 0.629. The molecule has 0 atom stereocenters. The molecular formula is C16H10Br2N2O. The Morgan fingerprint density at radius 1 is 1.05 bits per heavy atom. The number of benzene rings is 2. The van der Waals surface area contributed by atoms with Crippen LogP contribution in [0.4, 0.5) is 0 Å². The Kier molecular flexibility index (Phi) is 4.03. The Bertz CT molecular complexity index is 794. The lowest BCUT2D eigenvalue weighted by atomic mass is 10.2. The Hall–Kier alpha value is -1.72. The van der Waals surface area contributed by atoms with Crippen LogP contribution in [0.5, 0.6) is 0 Å². The normalized spacial score (nSPS) is 10.6. The summed E-state index contributed by atoms with van der Waals surface area (Å²) in [6.07, 6.45) is 4.50. The predicted molar refractivity (Wildman–Crippen MR) is 89.8 cm³/mol. The van der Waals surface area contributed by atoms with Crippen LogP contribution in [0, 0.1) is 0 Å². The molecule has 3 aromatic rings. The zero-order valence-electron chi connectivity index (χ0n) is 10.8. The van der Waals surface area contributed by atoms with Gasteiger partial charge in [-0.25, -0.2) is 4.98 Å². The van der Waals surface area contributed by atoms with Gasteiger partial charge in [0, 0.05) is 38.2 Å². The zero-order chi connectivity index (χ0) is 14.8. The summed E-state index contributed by atoms with van der Waals surface area (Å²) < 4.78 is 3.79. The predicted octanol–water partition coefficient (Wildman–Crippen LogP) is 4.88. The second-order valence-electron chi connectivity index (χ2n) is 4.45. The third kappa shape index (κ3) is 2.84. The van der Waals surface area contributed by atoms with Gasteiger partial charge in [0.15, 0.2) is 6.29 Å². The number of aromatic nitrogens is 2. The molecule has 0 N–H and O–H groups in total.